The van der Waals surface area contributed by atoms with E-state index in [4.69, 9.17) is 27.9 Å². The third kappa shape index (κ3) is 5.65. The van der Waals surface area contributed by atoms with Crippen molar-refractivity contribution in [2.45, 2.75) is 49.6 Å². The van der Waals surface area contributed by atoms with Crippen molar-refractivity contribution in [1.82, 2.24) is 20.1 Å². The highest BCUT2D eigenvalue weighted by molar-refractivity contribution is 7.98. The molecule has 1 amide bonds. The fraction of sp³-hybridized carbons (Fsp3) is 0.375. The number of hydrogen-bond acceptors (Lipinski definition) is 5. The molecule has 2 aromatic carbocycles. The van der Waals surface area contributed by atoms with Gasteiger partial charge in [0.2, 0.25) is 5.91 Å². The Morgan fingerprint density at radius 1 is 1.21 bits per heavy atom. The molecule has 0 bridgehead atoms. The molecule has 33 heavy (non-hydrogen) atoms. The van der Waals surface area contributed by atoms with Gasteiger partial charge in [0.25, 0.3) is 0 Å². The van der Waals surface area contributed by atoms with Crippen LogP contribution in [0.15, 0.2) is 47.6 Å². The summed E-state index contributed by atoms with van der Waals surface area (Å²) in [4.78, 5) is 12.7. The number of nitrogens with zero attached hydrogens (tertiary/aromatic N) is 3. The zero-order chi connectivity index (χ0) is 23.4. The monoisotopic (exact) mass is 504 g/mol. The predicted octanol–water partition coefficient (Wildman–Crippen LogP) is 6.24. The molecule has 1 heterocycles. The van der Waals surface area contributed by atoms with Gasteiger partial charge in [0.15, 0.2) is 11.0 Å². The summed E-state index contributed by atoms with van der Waals surface area (Å²) >= 11 is 14.4. The molecule has 1 N–H and O–H groups in total. The second-order valence-corrected chi connectivity index (χ2v) is 9.91. The number of halogens is 2. The van der Waals surface area contributed by atoms with Crippen LogP contribution in [0.3, 0.4) is 0 Å². The van der Waals surface area contributed by atoms with Gasteiger partial charge in [-0.25, -0.2) is 0 Å². The first-order valence-corrected chi connectivity index (χ1v) is 12.7. The van der Waals surface area contributed by atoms with Gasteiger partial charge in [-0.15, -0.1) is 10.2 Å². The van der Waals surface area contributed by atoms with E-state index in [-0.39, 0.29) is 17.9 Å². The summed E-state index contributed by atoms with van der Waals surface area (Å²) in [7, 11) is 1.65. The van der Waals surface area contributed by atoms with Crippen LogP contribution in [0.25, 0.3) is 5.69 Å². The zero-order valence-electron chi connectivity index (χ0n) is 18.6. The Kier molecular flexibility index (Phi) is 7.83. The number of carbonyl (C=O) groups excluding carboxylic acids is 1. The topological polar surface area (TPSA) is 69.0 Å². The van der Waals surface area contributed by atoms with Gasteiger partial charge in [0, 0.05) is 16.7 Å². The maximum absolute atomic E-state index is 12.7. The Hall–Kier alpha value is -2.22. The van der Waals surface area contributed by atoms with Crippen LogP contribution in [0.4, 0.5) is 0 Å². The molecule has 0 saturated heterocycles. The molecule has 1 aromatic heterocycles. The number of benzene rings is 2. The van der Waals surface area contributed by atoms with Crippen molar-refractivity contribution < 1.29 is 9.53 Å². The van der Waals surface area contributed by atoms with E-state index in [9.17, 15) is 4.79 Å². The van der Waals surface area contributed by atoms with E-state index >= 15 is 0 Å². The van der Waals surface area contributed by atoms with E-state index in [1.165, 1.54) is 11.8 Å². The molecule has 1 aliphatic carbocycles. The van der Waals surface area contributed by atoms with E-state index in [0.29, 0.717) is 32.5 Å². The first kappa shape index (κ1) is 23.9. The predicted molar refractivity (Wildman–Crippen MR) is 132 cm³/mol. The lowest BCUT2D eigenvalue weighted by Crippen LogP contribution is -2.33. The summed E-state index contributed by atoms with van der Waals surface area (Å²) in [6.45, 7) is 1.92. The Bertz CT molecular complexity index is 1130. The van der Waals surface area contributed by atoms with Gasteiger partial charge < -0.3 is 10.1 Å². The van der Waals surface area contributed by atoms with Crippen molar-refractivity contribution in [2.75, 3.05) is 7.11 Å². The van der Waals surface area contributed by atoms with E-state index in [1.807, 2.05) is 35.8 Å². The first-order valence-electron chi connectivity index (χ1n) is 10.9. The molecular weight excluding hydrogens is 479 g/mol. The number of ether oxygens (including phenoxy) is 1. The molecule has 0 radical (unpaired) electrons. The molecule has 3 aromatic rings. The fourth-order valence-corrected chi connectivity index (χ4v) is 5.30. The molecule has 0 spiro atoms. The highest BCUT2D eigenvalue weighted by atomic mass is 35.5. The third-order valence-corrected chi connectivity index (χ3v) is 7.34. The number of rotatable bonds is 8. The van der Waals surface area contributed by atoms with Crippen LogP contribution in [0.1, 0.15) is 50.0 Å². The van der Waals surface area contributed by atoms with E-state index in [2.05, 4.69) is 15.5 Å². The second-order valence-electron chi connectivity index (χ2n) is 8.12. The average Bonchev–Trinajstić information content (AvgIpc) is 3.50. The van der Waals surface area contributed by atoms with E-state index < -0.39 is 0 Å². The van der Waals surface area contributed by atoms with Gasteiger partial charge in [0.05, 0.1) is 23.9 Å². The van der Waals surface area contributed by atoms with Crippen LogP contribution < -0.4 is 10.1 Å². The largest absolute Gasteiger partial charge is 0.497 e. The van der Waals surface area contributed by atoms with Gasteiger partial charge >= 0.3 is 0 Å². The first-order chi connectivity index (χ1) is 16.0. The molecule has 1 fully saturated rings. The van der Waals surface area contributed by atoms with Gasteiger partial charge in [-0.3, -0.25) is 9.36 Å². The summed E-state index contributed by atoms with van der Waals surface area (Å²) in [5.41, 5.74) is 1.77. The number of hydrogen-bond donors (Lipinski definition) is 1. The smallest absolute Gasteiger partial charge is 0.223 e. The zero-order valence-corrected chi connectivity index (χ0v) is 20.9. The van der Waals surface area contributed by atoms with Gasteiger partial charge in [-0.05, 0) is 55.7 Å². The number of thioether (sulfide) groups is 1. The number of methoxy groups -OCH3 is 1. The highest BCUT2D eigenvalue weighted by Crippen LogP contribution is 2.33. The molecule has 174 valence electrons. The lowest BCUT2D eigenvalue weighted by Gasteiger charge is -2.19. The molecule has 1 saturated carbocycles. The maximum atomic E-state index is 12.7. The van der Waals surface area contributed by atoms with Gasteiger partial charge in [0.1, 0.15) is 5.75 Å². The molecular formula is C24H26Cl2N4O2S. The number of amides is 1. The quantitative estimate of drug-likeness (QED) is 0.367. The molecule has 6 nitrogen and oxygen atoms in total. The summed E-state index contributed by atoms with van der Waals surface area (Å²) in [5, 5.41) is 13.7. The Morgan fingerprint density at radius 2 is 2.00 bits per heavy atom. The summed E-state index contributed by atoms with van der Waals surface area (Å²) in [5.74, 6) is 2.21. The van der Waals surface area contributed by atoms with Crippen molar-refractivity contribution in [2.24, 2.45) is 5.92 Å². The summed E-state index contributed by atoms with van der Waals surface area (Å²) in [6, 6.07) is 12.8. The van der Waals surface area contributed by atoms with E-state index in [0.717, 1.165) is 37.0 Å². The Morgan fingerprint density at radius 3 is 2.76 bits per heavy atom. The molecule has 1 aliphatic rings. The number of carbonyl (C=O) groups is 1. The molecule has 9 heteroatoms. The van der Waals surface area contributed by atoms with Crippen molar-refractivity contribution in [3.63, 3.8) is 0 Å². The van der Waals surface area contributed by atoms with Crippen LogP contribution in [-0.2, 0) is 10.5 Å². The lowest BCUT2D eigenvalue weighted by molar-refractivity contribution is -0.125. The average molecular weight is 505 g/mol. The van der Waals surface area contributed by atoms with Crippen molar-refractivity contribution >= 4 is 40.9 Å². The Labute approximate surface area is 208 Å². The van der Waals surface area contributed by atoms with Crippen molar-refractivity contribution in [1.29, 1.82) is 0 Å². The lowest BCUT2D eigenvalue weighted by atomic mass is 10.1. The van der Waals surface area contributed by atoms with Gasteiger partial charge in [-0.1, -0.05) is 59.9 Å². The van der Waals surface area contributed by atoms with Crippen LogP contribution >= 0.6 is 35.0 Å². The molecule has 0 aliphatic heterocycles. The minimum absolute atomic E-state index is 0.0670. The minimum atomic E-state index is -0.341. The molecule has 1 atom stereocenters. The Balaban J connectivity index is 1.64. The van der Waals surface area contributed by atoms with E-state index in [1.54, 1.807) is 25.3 Å². The highest BCUT2D eigenvalue weighted by Gasteiger charge is 2.27. The summed E-state index contributed by atoms with van der Waals surface area (Å²) < 4.78 is 7.22. The third-order valence-electron chi connectivity index (χ3n) is 5.78. The minimum Gasteiger partial charge on any atom is -0.497 e. The van der Waals surface area contributed by atoms with Crippen LogP contribution in [0.2, 0.25) is 10.0 Å². The normalized spacial score (nSPS) is 14.9. The van der Waals surface area contributed by atoms with Gasteiger partial charge in [-0.2, -0.15) is 0 Å². The van der Waals surface area contributed by atoms with Crippen molar-refractivity contribution in [3.8, 4) is 11.4 Å². The second kappa shape index (κ2) is 10.8. The number of nitrogens with one attached hydrogen (secondary N) is 1. The van der Waals surface area contributed by atoms with Crippen molar-refractivity contribution in [3.05, 3.63) is 63.9 Å². The van der Waals surface area contributed by atoms with Crippen LogP contribution in [-0.4, -0.2) is 27.8 Å². The maximum Gasteiger partial charge on any atom is 0.223 e. The summed E-state index contributed by atoms with van der Waals surface area (Å²) in [6.07, 6.45) is 4.08. The van der Waals surface area contributed by atoms with Crippen LogP contribution in [0.5, 0.6) is 5.75 Å². The number of aromatic nitrogens is 3. The SMILES string of the molecule is COc1cccc(CSc2nnc(C(C)NC(=O)C3CCCC3)n2-c2cc(Cl)ccc2Cl)c1. The molecule has 4 rings (SSSR count). The standard InChI is InChI=1S/C24H26Cl2N4O2S/c1-15(27-23(31)17-7-3-4-8-17)22-28-29-24(30(22)21-13-18(25)10-11-20(21)26)33-14-16-6-5-9-19(12-16)32-2/h5-6,9-13,15,17H,3-4,7-8,14H2,1-2H3,(H,27,31). The fourth-order valence-electron chi connectivity index (χ4n) is 4.03. The van der Waals surface area contributed by atoms with Crippen LogP contribution in [0, 0.1) is 5.92 Å². The molecule has 1 unspecified atom stereocenters.